The van der Waals surface area contributed by atoms with E-state index in [1.165, 1.54) is 18.4 Å². The van der Waals surface area contributed by atoms with Gasteiger partial charge in [0.25, 0.3) is 0 Å². The molecule has 19 heavy (non-hydrogen) atoms. The van der Waals surface area contributed by atoms with Crippen LogP contribution in [0.25, 0.3) is 0 Å². The number of rotatable bonds is 4. The van der Waals surface area contributed by atoms with Crippen molar-refractivity contribution in [3.05, 3.63) is 46.5 Å². The molecular formula is C16H21F2N. The van der Waals surface area contributed by atoms with Gasteiger partial charge in [0.15, 0.2) is 11.6 Å². The van der Waals surface area contributed by atoms with Crippen molar-refractivity contribution in [2.75, 3.05) is 7.05 Å². The molecule has 0 saturated heterocycles. The van der Waals surface area contributed by atoms with E-state index in [9.17, 15) is 8.78 Å². The summed E-state index contributed by atoms with van der Waals surface area (Å²) >= 11 is 0. The zero-order valence-corrected chi connectivity index (χ0v) is 11.6. The zero-order chi connectivity index (χ0) is 13.8. The molecule has 2 rings (SSSR count). The fourth-order valence-electron chi connectivity index (χ4n) is 2.65. The predicted molar refractivity (Wildman–Crippen MR) is 74.1 cm³/mol. The topological polar surface area (TPSA) is 12.0 Å². The monoisotopic (exact) mass is 265 g/mol. The first kappa shape index (κ1) is 14.2. The van der Waals surface area contributed by atoms with Crippen LogP contribution in [0.4, 0.5) is 8.78 Å². The summed E-state index contributed by atoms with van der Waals surface area (Å²) < 4.78 is 27.7. The Morgan fingerprint density at radius 1 is 1.21 bits per heavy atom. The molecule has 104 valence electrons. The maximum atomic E-state index is 14.0. The smallest absolute Gasteiger partial charge is 0.163 e. The van der Waals surface area contributed by atoms with Crippen molar-refractivity contribution in [3.63, 3.8) is 0 Å². The van der Waals surface area contributed by atoms with Crippen LogP contribution in [0, 0.1) is 18.6 Å². The van der Waals surface area contributed by atoms with Crippen LogP contribution in [0.15, 0.2) is 23.8 Å². The van der Waals surface area contributed by atoms with Crippen LogP contribution in [-0.2, 0) is 0 Å². The van der Waals surface area contributed by atoms with Gasteiger partial charge in [0, 0.05) is 11.6 Å². The Kier molecular flexibility index (Phi) is 4.70. The molecule has 3 heteroatoms. The first-order valence-electron chi connectivity index (χ1n) is 6.93. The lowest BCUT2D eigenvalue weighted by molar-refractivity contribution is 0.465. The molecule has 1 aromatic rings. The molecular weight excluding hydrogens is 244 g/mol. The number of hydrogen-bond donors (Lipinski definition) is 1. The van der Waals surface area contributed by atoms with Crippen LogP contribution in [0.3, 0.4) is 0 Å². The highest BCUT2D eigenvalue weighted by Gasteiger charge is 2.19. The van der Waals surface area contributed by atoms with Gasteiger partial charge >= 0.3 is 0 Å². The molecule has 0 bridgehead atoms. The summed E-state index contributed by atoms with van der Waals surface area (Å²) in [6.45, 7) is 1.58. The third-order valence-corrected chi connectivity index (χ3v) is 3.88. The number of benzene rings is 1. The maximum absolute atomic E-state index is 14.0. The van der Waals surface area contributed by atoms with E-state index in [0.29, 0.717) is 11.1 Å². The normalized spacial score (nSPS) is 17.2. The van der Waals surface area contributed by atoms with Gasteiger partial charge in [-0.25, -0.2) is 8.78 Å². The Labute approximate surface area is 113 Å². The Bertz CT molecular complexity index is 480. The molecule has 1 aliphatic carbocycles. The van der Waals surface area contributed by atoms with Gasteiger partial charge in [-0.1, -0.05) is 23.8 Å². The molecule has 0 aromatic heterocycles. The third kappa shape index (κ3) is 3.21. The molecule has 1 N–H and O–H groups in total. The second kappa shape index (κ2) is 6.29. The van der Waals surface area contributed by atoms with Gasteiger partial charge in [-0.2, -0.15) is 0 Å². The van der Waals surface area contributed by atoms with Gasteiger partial charge < -0.3 is 5.32 Å². The van der Waals surface area contributed by atoms with Crippen molar-refractivity contribution in [1.82, 2.24) is 5.32 Å². The second-order valence-electron chi connectivity index (χ2n) is 5.25. The molecule has 0 heterocycles. The van der Waals surface area contributed by atoms with Gasteiger partial charge in [0.1, 0.15) is 0 Å². The average molecular weight is 265 g/mol. The Hall–Kier alpha value is -1.22. The molecule has 0 spiro atoms. The lowest BCUT2D eigenvalue weighted by Gasteiger charge is -2.21. The Morgan fingerprint density at radius 3 is 2.63 bits per heavy atom. The van der Waals surface area contributed by atoms with Crippen LogP contribution in [0.2, 0.25) is 0 Å². The van der Waals surface area contributed by atoms with E-state index < -0.39 is 11.6 Å². The average Bonchev–Trinajstić information content (AvgIpc) is 2.44. The third-order valence-electron chi connectivity index (χ3n) is 3.88. The minimum atomic E-state index is -0.727. The van der Waals surface area contributed by atoms with Crippen molar-refractivity contribution < 1.29 is 8.78 Å². The number of halogens is 2. The van der Waals surface area contributed by atoms with Crippen molar-refractivity contribution in [3.8, 4) is 0 Å². The molecule has 0 amide bonds. The number of allylic oxidation sites excluding steroid dienone is 1. The predicted octanol–water partition coefficient (Wildman–Crippen LogP) is 4.42. The van der Waals surface area contributed by atoms with Crippen LogP contribution >= 0.6 is 0 Å². The quantitative estimate of drug-likeness (QED) is 0.794. The van der Waals surface area contributed by atoms with Crippen molar-refractivity contribution in [2.45, 2.75) is 45.1 Å². The highest BCUT2D eigenvalue weighted by molar-refractivity contribution is 5.29. The molecule has 1 nitrogen and oxygen atoms in total. The summed E-state index contributed by atoms with van der Waals surface area (Å²) in [6, 6.07) is 3.19. The van der Waals surface area contributed by atoms with E-state index in [-0.39, 0.29) is 6.04 Å². The lowest BCUT2D eigenvalue weighted by Crippen LogP contribution is -2.19. The molecule has 1 unspecified atom stereocenters. The fourth-order valence-corrected chi connectivity index (χ4v) is 2.65. The molecule has 1 aliphatic rings. The van der Waals surface area contributed by atoms with Crippen molar-refractivity contribution in [1.29, 1.82) is 0 Å². The van der Waals surface area contributed by atoms with Crippen molar-refractivity contribution in [2.24, 2.45) is 0 Å². The number of nitrogens with one attached hydrogen (secondary N) is 1. The fraction of sp³-hybridized carbons (Fsp3) is 0.500. The molecule has 0 saturated carbocycles. The largest absolute Gasteiger partial charge is 0.313 e. The van der Waals surface area contributed by atoms with E-state index in [1.807, 2.05) is 0 Å². The molecule has 1 aromatic carbocycles. The van der Waals surface area contributed by atoms with Gasteiger partial charge in [0.2, 0.25) is 0 Å². The maximum Gasteiger partial charge on any atom is 0.163 e. The Morgan fingerprint density at radius 2 is 2.00 bits per heavy atom. The van der Waals surface area contributed by atoms with Gasteiger partial charge in [-0.15, -0.1) is 0 Å². The minimum absolute atomic E-state index is 0.153. The summed E-state index contributed by atoms with van der Waals surface area (Å²) in [4.78, 5) is 0. The SMILES string of the molecule is CNC(CC1=CCCCC1)c1ccc(C)c(F)c1F. The molecule has 1 atom stereocenters. The van der Waals surface area contributed by atoms with E-state index in [0.717, 1.165) is 19.3 Å². The Balaban J connectivity index is 2.22. The number of hydrogen-bond acceptors (Lipinski definition) is 1. The summed E-state index contributed by atoms with van der Waals surface area (Å²) in [5, 5.41) is 3.11. The summed E-state index contributed by atoms with van der Waals surface area (Å²) in [7, 11) is 1.80. The van der Waals surface area contributed by atoms with Gasteiger partial charge in [-0.05, 0) is 51.6 Å². The first-order chi connectivity index (χ1) is 9.13. The second-order valence-corrected chi connectivity index (χ2v) is 5.25. The van der Waals surface area contributed by atoms with E-state index in [2.05, 4.69) is 11.4 Å². The lowest BCUT2D eigenvalue weighted by atomic mass is 9.91. The van der Waals surface area contributed by atoms with E-state index >= 15 is 0 Å². The van der Waals surface area contributed by atoms with Crippen LogP contribution in [0.5, 0.6) is 0 Å². The molecule has 0 radical (unpaired) electrons. The minimum Gasteiger partial charge on any atom is -0.313 e. The van der Waals surface area contributed by atoms with Crippen LogP contribution < -0.4 is 5.32 Å². The zero-order valence-electron chi connectivity index (χ0n) is 11.6. The molecule has 0 fully saturated rings. The molecule has 0 aliphatic heterocycles. The van der Waals surface area contributed by atoms with Crippen LogP contribution in [-0.4, -0.2) is 7.05 Å². The summed E-state index contributed by atoms with van der Waals surface area (Å²) in [5.74, 6) is -1.44. The summed E-state index contributed by atoms with van der Waals surface area (Å²) in [5.41, 5.74) is 2.14. The van der Waals surface area contributed by atoms with Crippen molar-refractivity contribution >= 4 is 0 Å². The van der Waals surface area contributed by atoms with Gasteiger partial charge in [-0.3, -0.25) is 0 Å². The first-order valence-corrected chi connectivity index (χ1v) is 6.93. The standard InChI is InChI=1S/C16H21F2N/c1-11-8-9-13(16(18)15(11)17)14(19-2)10-12-6-4-3-5-7-12/h6,8-9,14,19H,3-5,7,10H2,1-2H3. The highest BCUT2D eigenvalue weighted by Crippen LogP contribution is 2.30. The highest BCUT2D eigenvalue weighted by atomic mass is 19.2. The number of aryl methyl sites for hydroxylation is 1. The van der Waals surface area contributed by atoms with E-state index in [4.69, 9.17) is 0 Å². The van der Waals surface area contributed by atoms with E-state index in [1.54, 1.807) is 26.1 Å². The van der Waals surface area contributed by atoms with Crippen LogP contribution in [0.1, 0.15) is 49.3 Å². The van der Waals surface area contributed by atoms with Gasteiger partial charge in [0.05, 0.1) is 0 Å². The summed E-state index contributed by atoms with van der Waals surface area (Å²) in [6.07, 6.45) is 7.63.